The van der Waals surface area contributed by atoms with Crippen molar-refractivity contribution in [2.45, 2.75) is 6.54 Å². The highest BCUT2D eigenvalue weighted by Gasteiger charge is 2.11. The van der Waals surface area contributed by atoms with Crippen LogP contribution >= 0.6 is 11.3 Å². The number of aromatic nitrogens is 1. The SMILES string of the molecule is C#CCn1c(=NC(=O)c2ccc(C(=O)c3ccccc3)cc2)sc2ccccc21. The maximum Gasteiger partial charge on any atom is 0.279 e. The average Bonchev–Trinajstić information content (AvgIpc) is 3.11. The zero-order chi connectivity index (χ0) is 20.2. The van der Waals surface area contributed by atoms with E-state index in [1.165, 1.54) is 11.3 Å². The van der Waals surface area contributed by atoms with Gasteiger partial charge in [0.15, 0.2) is 10.6 Å². The average molecular weight is 396 g/mol. The quantitative estimate of drug-likeness (QED) is 0.381. The molecule has 0 aliphatic heterocycles. The molecule has 0 spiro atoms. The van der Waals surface area contributed by atoms with E-state index in [1.807, 2.05) is 47.0 Å². The van der Waals surface area contributed by atoms with Gasteiger partial charge in [-0.2, -0.15) is 4.99 Å². The van der Waals surface area contributed by atoms with Gasteiger partial charge in [-0.1, -0.05) is 71.9 Å². The fraction of sp³-hybridized carbons (Fsp3) is 0.0417. The molecule has 3 aromatic carbocycles. The molecule has 140 valence electrons. The van der Waals surface area contributed by atoms with Crippen LogP contribution < -0.4 is 4.80 Å². The molecule has 29 heavy (non-hydrogen) atoms. The van der Waals surface area contributed by atoms with Gasteiger partial charge in [-0.15, -0.1) is 6.42 Å². The fourth-order valence-corrected chi connectivity index (χ4v) is 4.05. The number of ketones is 1. The van der Waals surface area contributed by atoms with Crippen molar-refractivity contribution in [3.05, 3.63) is 100 Å². The van der Waals surface area contributed by atoms with Gasteiger partial charge < -0.3 is 4.57 Å². The van der Waals surface area contributed by atoms with Crippen molar-refractivity contribution in [2.75, 3.05) is 0 Å². The minimum Gasteiger partial charge on any atom is -0.305 e. The summed E-state index contributed by atoms with van der Waals surface area (Å²) in [5, 5.41) is 0. The van der Waals surface area contributed by atoms with Crippen molar-refractivity contribution in [1.29, 1.82) is 0 Å². The third-order valence-corrected chi connectivity index (χ3v) is 5.52. The predicted molar refractivity (Wildman–Crippen MR) is 115 cm³/mol. The lowest BCUT2D eigenvalue weighted by Crippen LogP contribution is -2.16. The zero-order valence-corrected chi connectivity index (χ0v) is 16.2. The Kier molecular flexibility index (Phi) is 5.19. The lowest BCUT2D eigenvalue weighted by molar-refractivity contribution is 0.0994. The summed E-state index contributed by atoms with van der Waals surface area (Å²) in [6.07, 6.45) is 5.49. The topological polar surface area (TPSA) is 51.4 Å². The van der Waals surface area contributed by atoms with Crippen molar-refractivity contribution in [1.82, 2.24) is 4.57 Å². The Morgan fingerprint density at radius 2 is 1.48 bits per heavy atom. The van der Waals surface area contributed by atoms with Crippen LogP contribution in [0.1, 0.15) is 26.3 Å². The molecule has 0 aliphatic rings. The number of hydrogen-bond acceptors (Lipinski definition) is 3. The van der Waals surface area contributed by atoms with E-state index in [1.54, 1.807) is 36.4 Å². The number of amides is 1. The summed E-state index contributed by atoms with van der Waals surface area (Å²) < 4.78 is 2.86. The Morgan fingerprint density at radius 3 is 2.21 bits per heavy atom. The van der Waals surface area contributed by atoms with Gasteiger partial charge in [0.05, 0.1) is 16.8 Å². The molecule has 4 aromatic rings. The molecule has 4 nitrogen and oxygen atoms in total. The molecule has 1 aromatic heterocycles. The van der Waals surface area contributed by atoms with Crippen LogP contribution in [-0.2, 0) is 6.54 Å². The zero-order valence-electron chi connectivity index (χ0n) is 15.4. The lowest BCUT2D eigenvalue weighted by atomic mass is 10.0. The van der Waals surface area contributed by atoms with E-state index >= 15 is 0 Å². The van der Waals surface area contributed by atoms with E-state index in [9.17, 15) is 9.59 Å². The number of hydrogen-bond donors (Lipinski definition) is 0. The number of nitrogens with zero attached hydrogens (tertiary/aromatic N) is 2. The summed E-state index contributed by atoms with van der Waals surface area (Å²) in [7, 11) is 0. The Labute approximate surface area is 171 Å². The Balaban J connectivity index is 1.66. The first-order valence-corrected chi connectivity index (χ1v) is 9.80. The molecule has 1 amide bonds. The molecular formula is C24H16N2O2S. The Hall–Kier alpha value is -3.75. The van der Waals surface area contributed by atoms with Crippen LogP contribution in [0.3, 0.4) is 0 Å². The van der Waals surface area contributed by atoms with E-state index in [-0.39, 0.29) is 11.7 Å². The molecule has 0 fully saturated rings. The lowest BCUT2D eigenvalue weighted by Gasteiger charge is -2.02. The minimum absolute atomic E-state index is 0.0853. The second-order valence-corrected chi connectivity index (χ2v) is 7.34. The maximum atomic E-state index is 12.7. The number of carbonyl (C=O) groups excluding carboxylic acids is 2. The van der Waals surface area contributed by atoms with Gasteiger partial charge >= 0.3 is 0 Å². The number of benzene rings is 3. The second-order valence-electron chi connectivity index (χ2n) is 6.33. The highest BCUT2D eigenvalue weighted by atomic mass is 32.1. The first-order chi connectivity index (χ1) is 14.2. The first-order valence-electron chi connectivity index (χ1n) is 8.98. The summed E-state index contributed by atoms with van der Waals surface area (Å²) in [5.41, 5.74) is 2.50. The highest BCUT2D eigenvalue weighted by Crippen LogP contribution is 2.17. The number of carbonyl (C=O) groups is 2. The molecule has 0 bridgehead atoms. The monoisotopic (exact) mass is 396 g/mol. The fourth-order valence-electron chi connectivity index (χ4n) is 3.02. The molecule has 0 atom stereocenters. The molecule has 0 aliphatic carbocycles. The number of fused-ring (bicyclic) bond motifs is 1. The molecule has 4 rings (SSSR count). The molecular weight excluding hydrogens is 380 g/mol. The van der Waals surface area contributed by atoms with Crippen LogP contribution in [0.15, 0.2) is 83.9 Å². The van der Waals surface area contributed by atoms with E-state index in [0.29, 0.717) is 28.0 Å². The van der Waals surface area contributed by atoms with E-state index in [0.717, 1.165) is 10.2 Å². The number of thiazole rings is 1. The Morgan fingerprint density at radius 1 is 0.862 bits per heavy atom. The van der Waals surface area contributed by atoms with Crippen LogP contribution in [0.4, 0.5) is 0 Å². The van der Waals surface area contributed by atoms with Crippen molar-refractivity contribution in [3.8, 4) is 12.3 Å². The third kappa shape index (κ3) is 3.79. The Bertz CT molecular complexity index is 1310. The molecule has 1 heterocycles. The minimum atomic E-state index is -0.374. The predicted octanol–water partition coefficient (Wildman–Crippen LogP) is 4.31. The van der Waals surface area contributed by atoms with Crippen LogP contribution in [0.5, 0.6) is 0 Å². The third-order valence-electron chi connectivity index (χ3n) is 4.46. The van der Waals surface area contributed by atoms with E-state index in [2.05, 4.69) is 10.9 Å². The van der Waals surface area contributed by atoms with Gasteiger partial charge in [-0.05, 0) is 24.3 Å². The number of rotatable bonds is 4. The van der Waals surface area contributed by atoms with Crippen molar-refractivity contribution >= 4 is 33.2 Å². The van der Waals surface area contributed by atoms with Crippen molar-refractivity contribution in [2.24, 2.45) is 4.99 Å². The summed E-state index contributed by atoms with van der Waals surface area (Å²) in [5.74, 6) is 2.15. The molecule has 0 saturated carbocycles. The smallest absolute Gasteiger partial charge is 0.279 e. The summed E-state index contributed by atoms with van der Waals surface area (Å²) >= 11 is 1.42. The standard InChI is InChI=1S/C24H16N2O2S/c1-2-16-26-20-10-6-7-11-21(20)29-24(26)25-23(28)19-14-12-18(13-15-19)22(27)17-8-4-3-5-9-17/h1,3-15H,16H2. The van der Waals surface area contributed by atoms with Gasteiger partial charge in [-0.25, -0.2) is 0 Å². The van der Waals surface area contributed by atoms with Gasteiger partial charge in [0.25, 0.3) is 5.91 Å². The summed E-state index contributed by atoms with van der Waals surface area (Å²) in [4.78, 5) is 30.0. The second kappa shape index (κ2) is 8.09. The normalized spacial score (nSPS) is 11.3. The summed E-state index contributed by atoms with van der Waals surface area (Å²) in [6, 6.07) is 23.4. The van der Waals surface area contributed by atoms with Gasteiger partial charge in [0.2, 0.25) is 0 Å². The van der Waals surface area contributed by atoms with Crippen LogP contribution in [0.2, 0.25) is 0 Å². The highest BCUT2D eigenvalue weighted by molar-refractivity contribution is 7.16. The molecule has 0 saturated heterocycles. The number of terminal acetylenes is 1. The summed E-state index contributed by atoms with van der Waals surface area (Å²) in [6.45, 7) is 0.334. The molecule has 0 radical (unpaired) electrons. The van der Waals surface area contributed by atoms with E-state index in [4.69, 9.17) is 6.42 Å². The maximum absolute atomic E-state index is 12.7. The largest absolute Gasteiger partial charge is 0.305 e. The first kappa shape index (κ1) is 18.6. The van der Waals surface area contributed by atoms with Gasteiger partial charge in [0.1, 0.15) is 0 Å². The van der Waals surface area contributed by atoms with E-state index < -0.39 is 0 Å². The molecule has 5 heteroatoms. The molecule has 0 N–H and O–H groups in total. The van der Waals surface area contributed by atoms with Crippen LogP contribution in [0.25, 0.3) is 10.2 Å². The molecule has 0 unspecified atom stereocenters. The van der Waals surface area contributed by atoms with Gasteiger partial charge in [0, 0.05) is 16.7 Å². The van der Waals surface area contributed by atoms with Crippen molar-refractivity contribution in [3.63, 3.8) is 0 Å². The van der Waals surface area contributed by atoms with Crippen LogP contribution in [0, 0.1) is 12.3 Å². The van der Waals surface area contributed by atoms with Crippen molar-refractivity contribution < 1.29 is 9.59 Å². The van der Waals surface area contributed by atoms with Gasteiger partial charge in [-0.3, -0.25) is 9.59 Å². The van der Waals surface area contributed by atoms with Crippen LogP contribution in [-0.4, -0.2) is 16.3 Å². The number of para-hydroxylation sites is 1.